The molecule has 2 atom stereocenters. The van der Waals surface area contributed by atoms with E-state index in [9.17, 15) is 0 Å². The molecule has 1 aliphatic heterocycles. The first-order valence-corrected chi connectivity index (χ1v) is 6.31. The van der Waals surface area contributed by atoms with Gasteiger partial charge in [0.1, 0.15) is 5.82 Å². The molecule has 4 nitrogen and oxygen atoms in total. The minimum atomic E-state index is 0.737. The van der Waals surface area contributed by atoms with E-state index < -0.39 is 0 Å². The maximum atomic E-state index is 5.37. The number of piperidine rings is 1. The summed E-state index contributed by atoms with van der Waals surface area (Å²) in [5.74, 6) is 7.70. The summed E-state index contributed by atoms with van der Waals surface area (Å²) in [6.07, 6.45) is 3.16. The molecular formula is C13H22N4. The molecule has 0 radical (unpaired) electrons. The largest absolute Gasteiger partial charge is 0.308 e. The van der Waals surface area contributed by atoms with Crippen molar-refractivity contribution in [1.82, 2.24) is 9.88 Å². The molecular weight excluding hydrogens is 212 g/mol. The summed E-state index contributed by atoms with van der Waals surface area (Å²) < 4.78 is 0. The fraction of sp³-hybridized carbons (Fsp3) is 0.615. The second-order valence-corrected chi connectivity index (χ2v) is 5.33. The number of hydrogen-bond donors (Lipinski definition) is 2. The standard InChI is InChI=1S/C13H22N4/c1-10-5-11(2)8-17(7-10)9-12-3-4-15-13(6-12)16-14/h3-4,6,10-11H,5,7-9,14H2,1-2H3,(H,15,16). The van der Waals surface area contributed by atoms with Crippen LogP contribution in [0.2, 0.25) is 0 Å². The fourth-order valence-corrected chi connectivity index (χ4v) is 2.83. The lowest BCUT2D eigenvalue weighted by atomic mass is 9.92. The van der Waals surface area contributed by atoms with Crippen LogP contribution in [0, 0.1) is 11.8 Å². The lowest BCUT2D eigenvalue weighted by Gasteiger charge is -2.35. The highest BCUT2D eigenvalue weighted by molar-refractivity contribution is 5.35. The van der Waals surface area contributed by atoms with Crippen molar-refractivity contribution in [3.63, 3.8) is 0 Å². The van der Waals surface area contributed by atoms with Gasteiger partial charge >= 0.3 is 0 Å². The maximum Gasteiger partial charge on any atom is 0.140 e. The van der Waals surface area contributed by atoms with Crippen LogP contribution in [0.25, 0.3) is 0 Å². The minimum Gasteiger partial charge on any atom is -0.308 e. The van der Waals surface area contributed by atoms with E-state index >= 15 is 0 Å². The quantitative estimate of drug-likeness (QED) is 0.619. The van der Waals surface area contributed by atoms with Crippen molar-refractivity contribution < 1.29 is 0 Å². The zero-order valence-corrected chi connectivity index (χ0v) is 10.7. The molecule has 0 aliphatic carbocycles. The van der Waals surface area contributed by atoms with Crippen LogP contribution in [-0.4, -0.2) is 23.0 Å². The molecule has 2 heterocycles. The van der Waals surface area contributed by atoms with Crippen molar-refractivity contribution in [2.24, 2.45) is 17.7 Å². The molecule has 0 saturated carbocycles. The highest BCUT2D eigenvalue weighted by Gasteiger charge is 2.21. The van der Waals surface area contributed by atoms with E-state index in [2.05, 4.69) is 35.2 Å². The summed E-state index contributed by atoms with van der Waals surface area (Å²) in [4.78, 5) is 6.65. The van der Waals surface area contributed by atoms with E-state index in [1.807, 2.05) is 6.07 Å². The number of aromatic nitrogens is 1. The number of nitrogens with one attached hydrogen (secondary N) is 1. The van der Waals surface area contributed by atoms with E-state index in [1.165, 1.54) is 25.1 Å². The van der Waals surface area contributed by atoms with Crippen molar-refractivity contribution in [1.29, 1.82) is 0 Å². The van der Waals surface area contributed by atoms with Gasteiger partial charge in [0.25, 0.3) is 0 Å². The lowest BCUT2D eigenvalue weighted by molar-refractivity contribution is 0.134. The third-order valence-corrected chi connectivity index (χ3v) is 3.32. The topological polar surface area (TPSA) is 54.2 Å². The normalized spacial score (nSPS) is 25.8. The Bertz CT molecular complexity index is 356. The van der Waals surface area contributed by atoms with Gasteiger partial charge in [0.15, 0.2) is 0 Å². The molecule has 94 valence electrons. The smallest absolute Gasteiger partial charge is 0.140 e. The zero-order valence-electron chi connectivity index (χ0n) is 10.7. The average Bonchev–Trinajstić information content (AvgIpc) is 2.28. The number of hydrogen-bond acceptors (Lipinski definition) is 4. The Morgan fingerprint density at radius 1 is 1.41 bits per heavy atom. The van der Waals surface area contributed by atoms with Crippen LogP contribution in [0.5, 0.6) is 0 Å². The molecule has 2 unspecified atom stereocenters. The summed E-state index contributed by atoms with van der Waals surface area (Å²) in [5.41, 5.74) is 3.86. The summed E-state index contributed by atoms with van der Waals surface area (Å²) >= 11 is 0. The molecule has 17 heavy (non-hydrogen) atoms. The highest BCUT2D eigenvalue weighted by Crippen LogP contribution is 2.22. The number of hydrazine groups is 1. The zero-order chi connectivity index (χ0) is 12.3. The molecule has 3 N–H and O–H groups in total. The third-order valence-electron chi connectivity index (χ3n) is 3.32. The molecule has 0 aromatic carbocycles. The predicted molar refractivity (Wildman–Crippen MR) is 70.3 cm³/mol. The van der Waals surface area contributed by atoms with Gasteiger partial charge in [0, 0.05) is 25.8 Å². The Balaban J connectivity index is 1.99. The van der Waals surface area contributed by atoms with Crippen LogP contribution in [0.1, 0.15) is 25.8 Å². The number of anilines is 1. The highest BCUT2D eigenvalue weighted by atomic mass is 15.2. The van der Waals surface area contributed by atoms with E-state index in [1.54, 1.807) is 6.20 Å². The minimum absolute atomic E-state index is 0.737. The molecule has 1 aromatic heterocycles. The van der Waals surface area contributed by atoms with Crippen LogP contribution in [0.3, 0.4) is 0 Å². The van der Waals surface area contributed by atoms with Crippen LogP contribution in [-0.2, 0) is 6.54 Å². The molecule has 1 aliphatic rings. The first-order chi connectivity index (χ1) is 8.17. The first-order valence-electron chi connectivity index (χ1n) is 6.31. The van der Waals surface area contributed by atoms with Gasteiger partial charge in [0.2, 0.25) is 0 Å². The summed E-state index contributed by atoms with van der Waals surface area (Å²) in [5, 5.41) is 0. The molecule has 1 fully saturated rings. The summed E-state index contributed by atoms with van der Waals surface area (Å²) in [6.45, 7) is 8.05. The summed E-state index contributed by atoms with van der Waals surface area (Å²) in [6, 6.07) is 4.08. The van der Waals surface area contributed by atoms with Gasteiger partial charge in [-0.2, -0.15) is 0 Å². The Morgan fingerprint density at radius 2 is 2.12 bits per heavy atom. The number of pyridine rings is 1. The molecule has 0 amide bonds. The lowest BCUT2D eigenvalue weighted by Crippen LogP contribution is -2.38. The van der Waals surface area contributed by atoms with Crippen LogP contribution >= 0.6 is 0 Å². The summed E-state index contributed by atoms with van der Waals surface area (Å²) in [7, 11) is 0. The second kappa shape index (κ2) is 5.47. The van der Waals surface area contributed by atoms with E-state index in [4.69, 9.17) is 5.84 Å². The SMILES string of the molecule is CC1CC(C)CN(Cc2ccnc(NN)c2)C1. The number of nitrogen functional groups attached to an aromatic ring is 1. The van der Waals surface area contributed by atoms with E-state index in [-0.39, 0.29) is 0 Å². The van der Waals surface area contributed by atoms with Gasteiger partial charge in [-0.15, -0.1) is 0 Å². The molecule has 1 aromatic rings. The predicted octanol–water partition coefficient (Wildman–Crippen LogP) is 1.85. The maximum absolute atomic E-state index is 5.37. The third kappa shape index (κ3) is 3.41. The molecule has 4 heteroatoms. The van der Waals surface area contributed by atoms with Crippen molar-refractivity contribution >= 4 is 5.82 Å². The van der Waals surface area contributed by atoms with Gasteiger partial charge in [0.05, 0.1) is 0 Å². The number of likely N-dealkylation sites (tertiary alicyclic amines) is 1. The number of nitrogens with zero attached hydrogens (tertiary/aromatic N) is 2. The van der Waals surface area contributed by atoms with Crippen LogP contribution in [0.15, 0.2) is 18.3 Å². The van der Waals surface area contributed by atoms with Crippen LogP contribution < -0.4 is 11.3 Å². The Morgan fingerprint density at radius 3 is 2.76 bits per heavy atom. The fourth-order valence-electron chi connectivity index (χ4n) is 2.83. The van der Waals surface area contributed by atoms with Crippen molar-refractivity contribution in [2.75, 3.05) is 18.5 Å². The van der Waals surface area contributed by atoms with Gasteiger partial charge in [-0.3, -0.25) is 4.90 Å². The van der Waals surface area contributed by atoms with Crippen molar-refractivity contribution in [3.8, 4) is 0 Å². The monoisotopic (exact) mass is 234 g/mol. The average molecular weight is 234 g/mol. The van der Waals surface area contributed by atoms with Gasteiger partial charge in [-0.25, -0.2) is 10.8 Å². The molecule has 1 saturated heterocycles. The number of rotatable bonds is 3. The van der Waals surface area contributed by atoms with Gasteiger partial charge in [-0.1, -0.05) is 13.8 Å². The molecule has 2 rings (SSSR count). The van der Waals surface area contributed by atoms with Crippen molar-refractivity contribution in [2.45, 2.75) is 26.8 Å². The van der Waals surface area contributed by atoms with E-state index in [0.717, 1.165) is 24.2 Å². The van der Waals surface area contributed by atoms with Gasteiger partial charge < -0.3 is 5.43 Å². The van der Waals surface area contributed by atoms with Crippen LogP contribution in [0.4, 0.5) is 5.82 Å². The Kier molecular flexibility index (Phi) is 3.97. The Labute approximate surface area is 103 Å². The first kappa shape index (κ1) is 12.3. The number of nitrogens with two attached hydrogens (primary N) is 1. The van der Waals surface area contributed by atoms with Gasteiger partial charge in [-0.05, 0) is 36.0 Å². The second-order valence-electron chi connectivity index (χ2n) is 5.33. The molecule has 0 spiro atoms. The van der Waals surface area contributed by atoms with Crippen molar-refractivity contribution in [3.05, 3.63) is 23.9 Å². The molecule has 0 bridgehead atoms. The van der Waals surface area contributed by atoms with E-state index in [0.29, 0.717) is 0 Å². The Hall–Kier alpha value is -1.13.